The SMILES string of the molecule is O=C(COc1ccc(S(=O)(=O)N2CCCc3ccccc32)cc1Cl)Nc1c(F)cccc1F. The molecule has 1 amide bonds. The number of nitrogens with one attached hydrogen (secondary N) is 1. The molecular weight excluding hydrogens is 474 g/mol. The molecule has 3 aromatic rings. The van der Waals surface area contributed by atoms with Crippen molar-refractivity contribution in [2.45, 2.75) is 17.7 Å². The number of para-hydroxylation sites is 2. The Balaban J connectivity index is 1.48. The van der Waals surface area contributed by atoms with Crippen LogP contribution in [0.4, 0.5) is 20.2 Å². The molecule has 0 saturated carbocycles. The molecule has 1 aliphatic rings. The van der Waals surface area contributed by atoms with E-state index in [2.05, 4.69) is 5.32 Å². The fourth-order valence-electron chi connectivity index (χ4n) is 3.57. The standard InChI is InChI=1S/C23H19ClF2N2O4S/c24-17-13-16(33(30,31)28-12-4-6-15-5-1-2-9-20(15)28)10-11-21(17)32-14-22(29)27-23-18(25)7-3-8-19(23)26/h1-3,5,7-11,13H,4,6,12,14H2,(H,27,29). The summed E-state index contributed by atoms with van der Waals surface area (Å²) < 4.78 is 60.5. The lowest BCUT2D eigenvalue weighted by Gasteiger charge is -2.30. The third kappa shape index (κ3) is 4.79. The van der Waals surface area contributed by atoms with Crippen LogP contribution in [0, 0.1) is 11.6 Å². The predicted octanol–water partition coefficient (Wildman–Crippen LogP) is 4.78. The first-order valence-corrected chi connectivity index (χ1v) is 11.9. The minimum Gasteiger partial charge on any atom is -0.482 e. The van der Waals surface area contributed by atoms with Gasteiger partial charge in [-0.15, -0.1) is 0 Å². The second-order valence-electron chi connectivity index (χ2n) is 7.34. The molecule has 0 aromatic heterocycles. The van der Waals surface area contributed by atoms with Gasteiger partial charge in [0, 0.05) is 6.54 Å². The van der Waals surface area contributed by atoms with Crippen molar-refractivity contribution in [2.24, 2.45) is 0 Å². The summed E-state index contributed by atoms with van der Waals surface area (Å²) in [5, 5.41) is 2.07. The smallest absolute Gasteiger partial charge is 0.264 e. The number of fused-ring (bicyclic) bond motifs is 1. The molecule has 0 unspecified atom stereocenters. The lowest BCUT2D eigenvalue weighted by Crippen LogP contribution is -2.35. The molecule has 1 aliphatic heterocycles. The Morgan fingerprint density at radius 3 is 2.52 bits per heavy atom. The molecule has 1 heterocycles. The van der Waals surface area contributed by atoms with Crippen molar-refractivity contribution in [2.75, 3.05) is 22.8 Å². The van der Waals surface area contributed by atoms with E-state index in [-0.39, 0.29) is 15.7 Å². The van der Waals surface area contributed by atoms with E-state index in [1.165, 1.54) is 28.6 Å². The van der Waals surface area contributed by atoms with Crippen molar-refractivity contribution in [1.82, 2.24) is 0 Å². The molecule has 0 spiro atoms. The zero-order chi connectivity index (χ0) is 23.6. The van der Waals surface area contributed by atoms with E-state index in [4.69, 9.17) is 16.3 Å². The monoisotopic (exact) mass is 492 g/mol. The number of hydrogen-bond donors (Lipinski definition) is 1. The van der Waals surface area contributed by atoms with Crippen molar-refractivity contribution < 1.29 is 26.7 Å². The summed E-state index contributed by atoms with van der Waals surface area (Å²) in [6, 6.07) is 14.4. The van der Waals surface area contributed by atoms with Crippen molar-refractivity contribution in [1.29, 1.82) is 0 Å². The fourth-order valence-corrected chi connectivity index (χ4v) is 5.44. The molecule has 0 fully saturated rings. The molecule has 0 aliphatic carbocycles. The molecule has 0 atom stereocenters. The van der Waals surface area contributed by atoms with Crippen LogP contribution in [0.3, 0.4) is 0 Å². The molecule has 4 rings (SSSR count). The van der Waals surface area contributed by atoms with Crippen LogP contribution in [0.25, 0.3) is 0 Å². The number of benzene rings is 3. The van der Waals surface area contributed by atoms with Gasteiger partial charge in [0.2, 0.25) is 0 Å². The average molecular weight is 493 g/mol. The predicted molar refractivity (Wildman–Crippen MR) is 121 cm³/mol. The van der Waals surface area contributed by atoms with Gasteiger partial charge in [-0.2, -0.15) is 0 Å². The summed E-state index contributed by atoms with van der Waals surface area (Å²) in [5.74, 6) is -2.60. The van der Waals surface area contributed by atoms with Crippen LogP contribution in [0.2, 0.25) is 5.02 Å². The summed E-state index contributed by atoms with van der Waals surface area (Å²) in [6.07, 6.45) is 1.50. The van der Waals surface area contributed by atoms with Crippen LogP contribution in [0.15, 0.2) is 65.6 Å². The molecule has 3 aromatic carbocycles. The first-order valence-electron chi connectivity index (χ1n) is 10.0. The largest absolute Gasteiger partial charge is 0.482 e. The Bertz CT molecular complexity index is 1300. The molecule has 172 valence electrons. The zero-order valence-corrected chi connectivity index (χ0v) is 18.8. The van der Waals surface area contributed by atoms with E-state index in [0.29, 0.717) is 18.7 Å². The maximum absolute atomic E-state index is 13.7. The van der Waals surface area contributed by atoms with Gasteiger partial charge in [0.05, 0.1) is 15.6 Å². The van der Waals surface area contributed by atoms with Crippen LogP contribution in [0.5, 0.6) is 5.75 Å². The van der Waals surface area contributed by atoms with E-state index in [1.54, 1.807) is 12.1 Å². The van der Waals surface area contributed by atoms with Gasteiger partial charge in [-0.1, -0.05) is 35.9 Å². The summed E-state index contributed by atoms with van der Waals surface area (Å²) in [4.78, 5) is 12.0. The Kier molecular flexibility index (Phi) is 6.53. The number of aryl methyl sites for hydroxylation is 1. The minimum atomic E-state index is -3.87. The number of carbonyl (C=O) groups excluding carboxylic acids is 1. The highest BCUT2D eigenvalue weighted by atomic mass is 35.5. The quantitative estimate of drug-likeness (QED) is 0.537. The lowest BCUT2D eigenvalue weighted by atomic mass is 10.0. The molecule has 0 saturated heterocycles. The molecule has 1 N–H and O–H groups in total. The van der Waals surface area contributed by atoms with Crippen LogP contribution in [-0.4, -0.2) is 27.5 Å². The van der Waals surface area contributed by atoms with Crippen LogP contribution < -0.4 is 14.4 Å². The van der Waals surface area contributed by atoms with Crippen molar-refractivity contribution in [3.63, 3.8) is 0 Å². The van der Waals surface area contributed by atoms with Crippen LogP contribution in [0.1, 0.15) is 12.0 Å². The van der Waals surface area contributed by atoms with Gasteiger partial charge in [-0.3, -0.25) is 9.10 Å². The third-order valence-electron chi connectivity index (χ3n) is 5.14. The third-order valence-corrected chi connectivity index (χ3v) is 7.25. The van der Waals surface area contributed by atoms with Gasteiger partial charge in [0.15, 0.2) is 6.61 Å². The number of halogens is 3. The summed E-state index contributed by atoms with van der Waals surface area (Å²) in [6.45, 7) is -0.235. The van der Waals surface area contributed by atoms with Gasteiger partial charge in [0.1, 0.15) is 23.1 Å². The van der Waals surface area contributed by atoms with E-state index in [9.17, 15) is 22.0 Å². The lowest BCUT2D eigenvalue weighted by molar-refractivity contribution is -0.118. The van der Waals surface area contributed by atoms with E-state index in [1.807, 2.05) is 12.1 Å². The van der Waals surface area contributed by atoms with Crippen LogP contribution >= 0.6 is 11.6 Å². The van der Waals surface area contributed by atoms with Crippen molar-refractivity contribution >= 4 is 38.9 Å². The van der Waals surface area contributed by atoms with Gasteiger partial charge in [0.25, 0.3) is 15.9 Å². The summed E-state index contributed by atoms with van der Waals surface area (Å²) >= 11 is 6.21. The van der Waals surface area contributed by atoms with Crippen LogP contribution in [-0.2, 0) is 21.2 Å². The van der Waals surface area contributed by atoms with E-state index < -0.39 is 39.9 Å². The van der Waals surface area contributed by atoms with E-state index >= 15 is 0 Å². The number of amides is 1. The number of rotatable bonds is 6. The van der Waals surface area contributed by atoms with Gasteiger partial charge in [-0.05, 0) is 54.8 Å². The Morgan fingerprint density at radius 1 is 1.06 bits per heavy atom. The highest BCUT2D eigenvalue weighted by Gasteiger charge is 2.29. The maximum Gasteiger partial charge on any atom is 0.264 e. The highest BCUT2D eigenvalue weighted by molar-refractivity contribution is 7.92. The minimum absolute atomic E-state index is 0.0190. The number of ether oxygens (including phenoxy) is 1. The second-order valence-corrected chi connectivity index (χ2v) is 9.60. The summed E-state index contributed by atoms with van der Waals surface area (Å²) in [5.41, 5.74) is 1.01. The van der Waals surface area contributed by atoms with Gasteiger partial charge >= 0.3 is 0 Å². The molecule has 33 heavy (non-hydrogen) atoms. The normalized spacial score (nSPS) is 13.4. The molecule has 0 bridgehead atoms. The topological polar surface area (TPSA) is 75.7 Å². The van der Waals surface area contributed by atoms with E-state index in [0.717, 1.165) is 24.1 Å². The average Bonchev–Trinajstić information content (AvgIpc) is 2.80. The first kappa shape index (κ1) is 23.0. The second kappa shape index (κ2) is 9.36. The molecular formula is C23H19ClF2N2O4S. The number of sulfonamides is 1. The van der Waals surface area contributed by atoms with Gasteiger partial charge in [-0.25, -0.2) is 17.2 Å². The molecule has 6 nitrogen and oxygen atoms in total. The Morgan fingerprint density at radius 2 is 1.79 bits per heavy atom. The maximum atomic E-state index is 13.7. The van der Waals surface area contributed by atoms with Gasteiger partial charge < -0.3 is 10.1 Å². The molecule has 0 radical (unpaired) electrons. The van der Waals surface area contributed by atoms with Crippen molar-refractivity contribution in [3.05, 3.63) is 82.9 Å². The first-order chi connectivity index (χ1) is 15.8. The highest BCUT2D eigenvalue weighted by Crippen LogP contribution is 2.34. The number of hydrogen-bond acceptors (Lipinski definition) is 4. The number of nitrogens with zero attached hydrogens (tertiary/aromatic N) is 1. The number of anilines is 2. The Labute approximate surface area is 194 Å². The zero-order valence-electron chi connectivity index (χ0n) is 17.2. The molecule has 10 heteroatoms. The number of carbonyl (C=O) groups is 1. The summed E-state index contributed by atoms with van der Waals surface area (Å²) in [7, 11) is -3.87. The fraction of sp³-hybridized carbons (Fsp3) is 0.174. The van der Waals surface area contributed by atoms with Crippen molar-refractivity contribution in [3.8, 4) is 5.75 Å². The Hall–Kier alpha value is -3.17.